The largest absolute Gasteiger partial charge is 0.462 e. The molecule has 0 unspecified atom stereocenters. The van der Waals surface area contributed by atoms with E-state index in [1.165, 1.54) is 6.20 Å². The number of alkyl halides is 1. The smallest absolute Gasteiger partial charge is 0.341 e. The predicted molar refractivity (Wildman–Crippen MR) is 74.6 cm³/mol. The molecule has 0 saturated heterocycles. The molecule has 0 aliphatic rings. The predicted octanol–water partition coefficient (Wildman–Crippen LogP) is 2.38. The number of hydrogen-bond acceptors (Lipinski definition) is 5. The van der Waals surface area contributed by atoms with E-state index in [1.807, 2.05) is 18.2 Å². The molecule has 0 aromatic carbocycles. The van der Waals surface area contributed by atoms with Crippen LogP contribution in [0.15, 0.2) is 30.6 Å². The van der Waals surface area contributed by atoms with Crippen LogP contribution in [0.2, 0.25) is 0 Å². The molecule has 2 aromatic heterocycles. The van der Waals surface area contributed by atoms with Gasteiger partial charge >= 0.3 is 5.97 Å². The Morgan fingerprint density at radius 1 is 1.35 bits per heavy atom. The lowest BCUT2D eigenvalue weighted by molar-refractivity contribution is 0.0524. The highest BCUT2D eigenvalue weighted by molar-refractivity contribution is 6.17. The summed E-state index contributed by atoms with van der Waals surface area (Å²) in [6.45, 7) is 2.05. The third-order valence-corrected chi connectivity index (χ3v) is 2.86. The molecule has 2 rings (SSSR count). The first-order chi connectivity index (χ1) is 9.74. The van der Waals surface area contributed by atoms with Gasteiger partial charge in [0.1, 0.15) is 11.4 Å². The normalized spacial score (nSPS) is 10.3. The van der Waals surface area contributed by atoms with Crippen molar-refractivity contribution in [3.63, 3.8) is 0 Å². The quantitative estimate of drug-likeness (QED) is 0.625. The molecule has 2 aromatic rings. The van der Waals surface area contributed by atoms with Gasteiger partial charge in [-0.15, -0.1) is 11.6 Å². The molecular weight excluding hydrogens is 278 g/mol. The summed E-state index contributed by atoms with van der Waals surface area (Å²) in [6.07, 6.45) is 3.67. The van der Waals surface area contributed by atoms with E-state index >= 15 is 0 Å². The molecule has 0 fully saturated rings. The molecule has 0 spiro atoms. The summed E-state index contributed by atoms with van der Waals surface area (Å²) in [5, 5.41) is 0. The highest BCUT2D eigenvalue weighted by atomic mass is 35.5. The van der Waals surface area contributed by atoms with Gasteiger partial charge < -0.3 is 4.74 Å². The van der Waals surface area contributed by atoms with Gasteiger partial charge in [-0.25, -0.2) is 14.8 Å². The molecule has 0 N–H and O–H groups in total. The fourth-order valence-corrected chi connectivity index (χ4v) is 1.89. The van der Waals surface area contributed by atoms with Crippen molar-refractivity contribution in [2.75, 3.05) is 6.61 Å². The van der Waals surface area contributed by atoms with Crippen molar-refractivity contribution in [1.82, 2.24) is 15.0 Å². The molecule has 6 heteroatoms. The van der Waals surface area contributed by atoms with Gasteiger partial charge in [-0.05, 0) is 19.1 Å². The summed E-state index contributed by atoms with van der Waals surface area (Å²) in [5.74, 6) is 0.256. The van der Waals surface area contributed by atoms with Crippen molar-refractivity contribution in [3.05, 3.63) is 53.4 Å². The summed E-state index contributed by atoms with van der Waals surface area (Å²) < 4.78 is 4.94. The number of pyridine rings is 1. The minimum atomic E-state index is -0.451. The summed E-state index contributed by atoms with van der Waals surface area (Å²) in [5.41, 5.74) is 1.65. The Bertz CT molecular complexity index is 590. The molecule has 0 amide bonds. The number of aromatic nitrogens is 3. The van der Waals surface area contributed by atoms with Crippen LogP contribution in [0.1, 0.15) is 34.5 Å². The van der Waals surface area contributed by atoms with Crippen LogP contribution in [0, 0.1) is 0 Å². The van der Waals surface area contributed by atoms with Gasteiger partial charge in [0.2, 0.25) is 0 Å². The van der Waals surface area contributed by atoms with Crippen LogP contribution in [0.25, 0.3) is 0 Å². The number of rotatable bonds is 5. The molecule has 2 heterocycles. The molecule has 0 saturated carbocycles. The van der Waals surface area contributed by atoms with Gasteiger partial charge in [-0.3, -0.25) is 4.98 Å². The second-order valence-corrected chi connectivity index (χ2v) is 4.27. The van der Waals surface area contributed by atoms with Crippen molar-refractivity contribution in [3.8, 4) is 0 Å². The third kappa shape index (κ3) is 3.51. The van der Waals surface area contributed by atoms with Gasteiger partial charge in [-0.2, -0.15) is 0 Å². The van der Waals surface area contributed by atoms with Crippen LogP contribution in [-0.2, 0) is 17.0 Å². The van der Waals surface area contributed by atoms with E-state index < -0.39 is 5.97 Å². The first-order valence-electron chi connectivity index (χ1n) is 6.22. The lowest BCUT2D eigenvalue weighted by Gasteiger charge is -2.07. The van der Waals surface area contributed by atoms with Gasteiger partial charge in [0.15, 0.2) is 0 Å². The Morgan fingerprint density at radius 2 is 2.20 bits per heavy atom. The average Bonchev–Trinajstić information content (AvgIpc) is 2.48. The molecule has 0 bridgehead atoms. The van der Waals surface area contributed by atoms with E-state index in [2.05, 4.69) is 15.0 Å². The Labute approximate surface area is 122 Å². The number of esters is 1. The van der Waals surface area contributed by atoms with E-state index in [0.29, 0.717) is 30.1 Å². The second kappa shape index (κ2) is 6.96. The average molecular weight is 292 g/mol. The minimum absolute atomic E-state index is 0.131. The van der Waals surface area contributed by atoms with Crippen LogP contribution in [0.4, 0.5) is 0 Å². The van der Waals surface area contributed by atoms with E-state index in [1.54, 1.807) is 13.1 Å². The lowest BCUT2D eigenvalue weighted by Crippen LogP contribution is -2.12. The minimum Gasteiger partial charge on any atom is -0.462 e. The van der Waals surface area contributed by atoms with Crippen molar-refractivity contribution in [2.24, 2.45) is 0 Å². The fourth-order valence-electron chi connectivity index (χ4n) is 1.69. The van der Waals surface area contributed by atoms with Gasteiger partial charge in [0.25, 0.3) is 0 Å². The molecular formula is C14H14ClN3O2. The Morgan fingerprint density at radius 3 is 2.85 bits per heavy atom. The van der Waals surface area contributed by atoms with Crippen LogP contribution in [0.3, 0.4) is 0 Å². The van der Waals surface area contributed by atoms with Crippen molar-refractivity contribution in [2.45, 2.75) is 19.2 Å². The zero-order valence-corrected chi connectivity index (χ0v) is 11.8. The number of hydrogen-bond donors (Lipinski definition) is 0. The SMILES string of the molecule is CCOC(=O)c1cnc(Cc2ccccn2)nc1CCl. The molecule has 0 aliphatic heterocycles. The maximum atomic E-state index is 11.7. The summed E-state index contributed by atoms with van der Waals surface area (Å²) >= 11 is 5.84. The number of carbonyl (C=O) groups excluding carboxylic acids is 1. The fraction of sp³-hybridized carbons (Fsp3) is 0.286. The topological polar surface area (TPSA) is 65.0 Å². The highest BCUT2D eigenvalue weighted by Crippen LogP contribution is 2.12. The zero-order valence-electron chi connectivity index (χ0n) is 11.0. The van der Waals surface area contributed by atoms with Crippen LogP contribution >= 0.6 is 11.6 Å². The monoisotopic (exact) mass is 291 g/mol. The van der Waals surface area contributed by atoms with Gasteiger partial charge in [0.05, 0.1) is 24.6 Å². The Balaban J connectivity index is 2.23. The summed E-state index contributed by atoms with van der Waals surface area (Å²) in [7, 11) is 0. The third-order valence-electron chi connectivity index (χ3n) is 2.60. The lowest BCUT2D eigenvalue weighted by atomic mass is 10.2. The van der Waals surface area contributed by atoms with E-state index in [9.17, 15) is 4.79 Å². The number of ether oxygens (including phenoxy) is 1. The van der Waals surface area contributed by atoms with Crippen LogP contribution < -0.4 is 0 Å². The molecule has 104 valence electrons. The second-order valence-electron chi connectivity index (χ2n) is 4.00. The number of nitrogens with zero attached hydrogens (tertiary/aromatic N) is 3. The van der Waals surface area contributed by atoms with Crippen molar-refractivity contribution in [1.29, 1.82) is 0 Å². The van der Waals surface area contributed by atoms with E-state index in [4.69, 9.17) is 16.3 Å². The van der Waals surface area contributed by atoms with Crippen molar-refractivity contribution < 1.29 is 9.53 Å². The summed E-state index contributed by atoms with van der Waals surface area (Å²) in [4.78, 5) is 24.4. The first-order valence-corrected chi connectivity index (χ1v) is 6.75. The van der Waals surface area contributed by atoms with E-state index in [-0.39, 0.29) is 5.88 Å². The van der Waals surface area contributed by atoms with E-state index in [0.717, 1.165) is 5.69 Å². The maximum Gasteiger partial charge on any atom is 0.341 e. The van der Waals surface area contributed by atoms with Gasteiger partial charge in [-0.1, -0.05) is 6.07 Å². The molecule has 5 nitrogen and oxygen atoms in total. The van der Waals surface area contributed by atoms with Crippen LogP contribution in [-0.4, -0.2) is 27.5 Å². The molecule has 20 heavy (non-hydrogen) atoms. The Hall–Kier alpha value is -2.01. The first kappa shape index (κ1) is 14.4. The van der Waals surface area contributed by atoms with Crippen LogP contribution in [0.5, 0.6) is 0 Å². The summed E-state index contributed by atoms with van der Waals surface area (Å²) in [6, 6.07) is 5.64. The Kier molecular flexibility index (Phi) is 5.01. The number of halogens is 1. The highest BCUT2D eigenvalue weighted by Gasteiger charge is 2.15. The standard InChI is InChI=1S/C14H14ClN3O2/c1-2-20-14(19)11-9-17-13(18-12(11)8-15)7-10-5-3-4-6-16-10/h3-6,9H,2,7-8H2,1H3. The molecule has 0 atom stereocenters. The molecule has 0 aliphatic carbocycles. The maximum absolute atomic E-state index is 11.7. The van der Waals surface area contributed by atoms with Gasteiger partial charge in [0, 0.05) is 18.1 Å². The zero-order chi connectivity index (χ0) is 14.4. The number of carbonyl (C=O) groups is 1. The molecule has 0 radical (unpaired) electrons. The van der Waals surface area contributed by atoms with Crippen molar-refractivity contribution >= 4 is 17.6 Å².